The van der Waals surface area contributed by atoms with Crippen LogP contribution < -0.4 is 10.6 Å². The van der Waals surface area contributed by atoms with Crippen LogP contribution in [-0.2, 0) is 9.53 Å². The highest BCUT2D eigenvalue weighted by Crippen LogP contribution is 2.46. The summed E-state index contributed by atoms with van der Waals surface area (Å²) in [6.07, 6.45) is 2.57. The van der Waals surface area contributed by atoms with Crippen molar-refractivity contribution >= 4 is 18.0 Å². The van der Waals surface area contributed by atoms with Crippen molar-refractivity contribution in [3.05, 3.63) is 0 Å². The van der Waals surface area contributed by atoms with Crippen molar-refractivity contribution < 1.29 is 19.1 Å². The lowest BCUT2D eigenvalue weighted by molar-refractivity contribution is -0.123. The van der Waals surface area contributed by atoms with Crippen molar-refractivity contribution in [3.8, 4) is 0 Å². The fourth-order valence-corrected chi connectivity index (χ4v) is 3.00. The van der Waals surface area contributed by atoms with Crippen molar-refractivity contribution in [1.82, 2.24) is 15.5 Å². The summed E-state index contributed by atoms with van der Waals surface area (Å²) in [5.74, 6) is -0.409. The van der Waals surface area contributed by atoms with E-state index in [4.69, 9.17) is 4.74 Å². The van der Waals surface area contributed by atoms with Crippen LogP contribution in [0.2, 0.25) is 0 Å². The highest BCUT2D eigenvalue weighted by Gasteiger charge is 2.61. The zero-order chi connectivity index (χ0) is 17.3. The standard InChI is InChI=1S/C16H27N3O4/c1-5-11-10-16(11,18-14(22)23-15(2,3)4)12(20)17-13(21)19-8-6-7-9-19/h11H,5-10H2,1-4H3,(H,18,22)(H,17,20,21)/t11-,16-/m1/s1. The molecule has 0 aromatic carbocycles. The molecule has 2 fully saturated rings. The zero-order valence-corrected chi connectivity index (χ0v) is 14.4. The number of nitrogens with zero attached hydrogens (tertiary/aromatic N) is 1. The van der Waals surface area contributed by atoms with Crippen LogP contribution in [0.5, 0.6) is 0 Å². The molecule has 0 unspecified atom stereocenters. The Morgan fingerprint density at radius 2 is 1.83 bits per heavy atom. The van der Waals surface area contributed by atoms with Gasteiger partial charge in [0, 0.05) is 13.1 Å². The maximum atomic E-state index is 12.5. The molecule has 0 spiro atoms. The van der Waals surface area contributed by atoms with Crippen LogP contribution in [0.4, 0.5) is 9.59 Å². The molecule has 1 saturated carbocycles. The molecule has 1 heterocycles. The van der Waals surface area contributed by atoms with Gasteiger partial charge in [0.25, 0.3) is 5.91 Å². The van der Waals surface area contributed by atoms with Gasteiger partial charge in [0.15, 0.2) is 0 Å². The first-order valence-electron chi connectivity index (χ1n) is 8.29. The lowest BCUT2D eigenvalue weighted by Gasteiger charge is -2.24. The number of carbonyl (C=O) groups excluding carboxylic acids is 3. The van der Waals surface area contributed by atoms with Crippen LogP contribution in [0.1, 0.15) is 53.4 Å². The maximum Gasteiger partial charge on any atom is 0.408 e. The van der Waals surface area contributed by atoms with E-state index in [1.807, 2.05) is 6.92 Å². The third kappa shape index (κ3) is 4.14. The lowest BCUT2D eigenvalue weighted by atomic mass is 10.1. The Balaban J connectivity index is 1.98. The third-order valence-electron chi connectivity index (χ3n) is 4.34. The lowest BCUT2D eigenvalue weighted by Crippen LogP contribution is -2.54. The smallest absolute Gasteiger partial charge is 0.408 e. The topological polar surface area (TPSA) is 87.7 Å². The number of likely N-dealkylation sites (tertiary alicyclic amines) is 1. The average molecular weight is 325 g/mol. The number of hydrogen-bond donors (Lipinski definition) is 2. The van der Waals surface area contributed by atoms with E-state index < -0.39 is 23.1 Å². The zero-order valence-electron chi connectivity index (χ0n) is 14.4. The minimum atomic E-state index is -1.02. The molecule has 1 aliphatic carbocycles. The molecule has 0 aromatic heterocycles. The highest BCUT2D eigenvalue weighted by molar-refractivity contribution is 6.03. The predicted octanol–water partition coefficient (Wildman–Crippen LogP) is 2.01. The molecule has 23 heavy (non-hydrogen) atoms. The summed E-state index contributed by atoms with van der Waals surface area (Å²) in [6.45, 7) is 8.59. The number of amides is 4. The fourth-order valence-electron chi connectivity index (χ4n) is 3.00. The Hall–Kier alpha value is -1.79. The molecule has 7 nitrogen and oxygen atoms in total. The van der Waals surface area contributed by atoms with Gasteiger partial charge < -0.3 is 15.0 Å². The minimum absolute atomic E-state index is 0.0291. The summed E-state index contributed by atoms with van der Waals surface area (Å²) >= 11 is 0. The van der Waals surface area contributed by atoms with Gasteiger partial charge in [0.05, 0.1) is 0 Å². The van der Waals surface area contributed by atoms with Crippen LogP contribution in [-0.4, -0.2) is 47.2 Å². The Morgan fingerprint density at radius 1 is 1.22 bits per heavy atom. The van der Waals surface area contributed by atoms with E-state index in [-0.39, 0.29) is 11.9 Å². The molecule has 2 atom stereocenters. The van der Waals surface area contributed by atoms with Crippen LogP contribution >= 0.6 is 0 Å². The molecule has 130 valence electrons. The van der Waals surface area contributed by atoms with E-state index in [9.17, 15) is 14.4 Å². The molecule has 7 heteroatoms. The van der Waals surface area contributed by atoms with Gasteiger partial charge in [-0.2, -0.15) is 0 Å². The molecule has 2 aliphatic rings. The van der Waals surface area contributed by atoms with Gasteiger partial charge in [-0.25, -0.2) is 9.59 Å². The minimum Gasteiger partial charge on any atom is -0.444 e. The van der Waals surface area contributed by atoms with Gasteiger partial charge in [-0.3, -0.25) is 10.1 Å². The van der Waals surface area contributed by atoms with Gasteiger partial charge in [0.1, 0.15) is 11.1 Å². The van der Waals surface area contributed by atoms with Gasteiger partial charge in [-0.05, 0) is 46.0 Å². The number of alkyl carbamates (subject to hydrolysis) is 1. The summed E-state index contributed by atoms with van der Waals surface area (Å²) < 4.78 is 5.24. The number of imide groups is 1. The Morgan fingerprint density at radius 3 is 2.30 bits per heavy atom. The van der Waals surface area contributed by atoms with Gasteiger partial charge in [-0.1, -0.05) is 13.3 Å². The highest BCUT2D eigenvalue weighted by atomic mass is 16.6. The van der Waals surface area contributed by atoms with Crippen LogP contribution in [0.3, 0.4) is 0 Å². The molecule has 2 rings (SSSR count). The molecular weight excluding hydrogens is 298 g/mol. The van der Waals surface area contributed by atoms with E-state index in [0.717, 1.165) is 19.3 Å². The van der Waals surface area contributed by atoms with E-state index in [1.54, 1.807) is 25.7 Å². The molecule has 0 aromatic rings. The van der Waals surface area contributed by atoms with Gasteiger partial charge in [-0.15, -0.1) is 0 Å². The number of nitrogens with one attached hydrogen (secondary N) is 2. The SMILES string of the molecule is CC[C@@H]1C[C@]1(NC(=O)OC(C)(C)C)C(=O)NC(=O)N1CCCC1. The number of carbonyl (C=O) groups is 3. The van der Waals surface area contributed by atoms with E-state index in [2.05, 4.69) is 10.6 Å². The van der Waals surface area contributed by atoms with Gasteiger partial charge >= 0.3 is 12.1 Å². The largest absolute Gasteiger partial charge is 0.444 e. The van der Waals surface area contributed by atoms with E-state index in [1.165, 1.54) is 0 Å². The van der Waals surface area contributed by atoms with Crippen molar-refractivity contribution in [2.24, 2.45) is 5.92 Å². The molecule has 0 bridgehead atoms. The molecule has 2 N–H and O–H groups in total. The number of rotatable bonds is 3. The average Bonchev–Trinajstić information content (AvgIpc) is 2.88. The molecule has 1 aliphatic heterocycles. The monoisotopic (exact) mass is 325 g/mol. The molecule has 4 amide bonds. The van der Waals surface area contributed by atoms with Crippen molar-refractivity contribution in [3.63, 3.8) is 0 Å². The second-order valence-corrected chi connectivity index (χ2v) is 7.36. The molecular formula is C16H27N3O4. The number of hydrogen-bond acceptors (Lipinski definition) is 4. The third-order valence-corrected chi connectivity index (χ3v) is 4.34. The van der Waals surface area contributed by atoms with Gasteiger partial charge in [0.2, 0.25) is 0 Å². The molecule has 1 saturated heterocycles. The summed E-state index contributed by atoms with van der Waals surface area (Å²) in [5.41, 5.74) is -1.66. The quantitative estimate of drug-likeness (QED) is 0.831. The van der Waals surface area contributed by atoms with Crippen LogP contribution in [0.25, 0.3) is 0 Å². The first-order chi connectivity index (χ1) is 10.7. The van der Waals surface area contributed by atoms with Crippen molar-refractivity contribution in [2.75, 3.05) is 13.1 Å². The van der Waals surface area contributed by atoms with Crippen LogP contribution in [0.15, 0.2) is 0 Å². The number of urea groups is 1. The second kappa shape index (κ2) is 6.37. The predicted molar refractivity (Wildman–Crippen MR) is 84.8 cm³/mol. The van der Waals surface area contributed by atoms with E-state index >= 15 is 0 Å². The fraction of sp³-hybridized carbons (Fsp3) is 0.812. The maximum absolute atomic E-state index is 12.5. The summed E-state index contributed by atoms with van der Waals surface area (Å²) in [7, 11) is 0. The van der Waals surface area contributed by atoms with Crippen LogP contribution in [0, 0.1) is 5.92 Å². The Kier molecular flexibility index (Phi) is 4.87. The normalized spacial score (nSPS) is 26.6. The first kappa shape index (κ1) is 17.6. The molecule has 0 radical (unpaired) electrons. The Bertz CT molecular complexity index is 494. The summed E-state index contributed by atoms with van der Waals surface area (Å²) in [6, 6.07) is -0.375. The van der Waals surface area contributed by atoms with Crippen molar-refractivity contribution in [2.45, 2.75) is 64.5 Å². The number of ether oxygens (including phenoxy) is 1. The van der Waals surface area contributed by atoms with E-state index in [0.29, 0.717) is 19.5 Å². The summed E-state index contributed by atoms with van der Waals surface area (Å²) in [5, 5.41) is 5.11. The second-order valence-electron chi connectivity index (χ2n) is 7.36. The summed E-state index contributed by atoms with van der Waals surface area (Å²) in [4.78, 5) is 38.3. The van der Waals surface area contributed by atoms with Crippen molar-refractivity contribution in [1.29, 1.82) is 0 Å². The first-order valence-corrected chi connectivity index (χ1v) is 8.29. The Labute approximate surface area is 137 Å².